The lowest BCUT2D eigenvalue weighted by Gasteiger charge is -1.97. The number of benzene rings is 1. The van der Waals surface area contributed by atoms with E-state index < -0.39 is 11.6 Å². The molecular formula is C14H11F2N. The standard InChI is InChI=1S/C14H11F2N/c1-10-3-2-4-12(17-10)7-5-11-6-8-13(15)14(16)9-11/h2-9H,1H3. The number of rotatable bonds is 2. The van der Waals surface area contributed by atoms with Gasteiger partial charge in [-0.05, 0) is 42.8 Å². The highest BCUT2D eigenvalue weighted by atomic mass is 19.2. The van der Waals surface area contributed by atoms with E-state index >= 15 is 0 Å². The fourth-order valence-corrected chi connectivity index (χ4v) is 1.45. The second-order valence-corrected chi connectivity index (χ2v) is 3.71. The number of hydrogen-bond donors (Lipinski definition) is 0. The van der Waals surface area contributed by atoms with E-state index in [0.717, 1.165) is 23.5 Å². The first-order valence-electron chi connectivity index (χ1n) is 5.22. The lowest BCUT2D eigenvalue weighted by atomic mass is 10.2. The molecule has 1 nitrogen and oxygen atoms in total. The van der Waals surface area contributed by atoms with Gasteiger partial charge in [0.15, 0.2) is 11.6 Å². The van der Waals surface area contributed by atoms with Gasteiger partial charge in [-0.1, -0.05) is 18.2 Å². The molecule has 3 heteroatoms. The Labute approximate surface area is 98.4 Å². The highest BCUT2D eigenvalue weighted by Crippen LogP contribution is 2.11. The topological polar surface area (TPSA) is 12.9 Å². The van der Waals surface area contributed by atoms with Crippen LogP contribution >= 0.6 is 0 Å². The van der Waals surface area contributed by atoms with Crippen LogP contribution in [-0.2, 0) is 0 Å². The molecule has 1 aromatic carbocycles. The van der Waals surface area contributed by atoms with Crippen LogP contribution in [0.1, 0.15) is 17.0 Å². The summed E-state index contributed by atoms with van der Waals surface area (Å²) < 4.78 is 25.6. The maximum Gasteiger partial charge on any atom is 0.159 e. The number of pyridine rings is 1. The average Bonchev–Trinajstić information content (AvgIpc) is 2.31. The van der Waals surface area contributed by atoms with Crippen molar-refractivity contribution in [3.8, 4) is 0 Å². The number of hydrogen-bond acceptors (Lipinski definition) is 1. The summed E-state index contributed by atoms with van der Waals surface area (Å²) in [6, 6.07) is 9.43. The third-order valence-corrected chi connectivity index (χ3v) is 2.30. The molecule has 0 unspecified atom stereocenters. The Balaban J connectivity index is 2.23. The molecule has 0 amide bonds. The van der Waals surface area contributed by atoms with Crippen LogP contribution in [0.2, 0.25) is 0 Å². The summed E-state index contributed by atoms with van der Waals surface area (Å²) in [4.78, 5) is 4.27. The van der Waals surface area contributed by atoms with Crippen LogP contribution in [0.5, 0.6) is 0 Å². The number of nitrogens with zero attached hydrogens (tertiary/aromatic N) is 1. The van der Waals surface area contributed by atoms with Gasteiger partial charge in [0.2, 0.25) is 0 Å². The SMILES string of the molecule is Cc1cccc(C=Cc2ccc(F)c(F)c2)n1. The Morgan fingerprint density at radius 1 is 1.00 bits per heavy atom. The van der Waals surface area contributed by atoms with Crippen molar-refractivity contribution in [1.29, 1.82) is 0 Å². The Kier molecular flexibility index (Phi) is 3.28. The van der Waals surface area contributed by atoms with E-state index in [4.69, 9.17) is 0 Å². The van der Waals surface area contributed by atoms with E-state index in [1.54, 1.807) is 12.2 Å². The van der Waals surface area contributed by atoms with Crippen LogP contribution in [0.25, 0.3) is 12.2 Å². The molecule has 86 valence electrons. The Morgan fingerprint density at radius 3 is 2.53 bits per heavy atom. The summed E-state index contributed by atoms with van der Waals surface area (Å²) in [5.41, 5.74) is 2.30. The van der Waals surface area contributed by atoms with Gasteiger partial charge in [-0.25, -0.2) is 8.78 Å². The van der Waals surface area contributed by atoms with Crippen molar-refractivity contribution in [3.63, 3.8) is 0 Å². The normalized spacial score (nSPS) is 11.0. The summed E-state index contributed by atoms with van der Waals surface area (Å²) in [5.74, 6) is -1.68. The van der Waals surface area contributed by atoms with Crippen molar-refractivity contribution >= 4 is 12.2 Å². The second-order valence-electron chi connectivity index (χ2n) is 3.71. The molecule has 0 radical (unpaired) electrons. The first kappa shape index (κ1) is 11.5. The first-order chi connectivity index (χ1) is 8.15. The van der Waals surface area contributed by atoms with Crippen LogP contribution in [0.4, 0.5) is 8.78 Å². The summed E-state index contributed by atoms with van der Waals surface area (Å²) in [6.07, 6.45) is 3.46. The molecule has 0 saturated heterocycles. The quantitative estimate of drug-likeness (QED) is 0.765. The van der Waals surface area contributed by atoms with Crippen molar-refractivity contribution in [3.05, 3.63) is 65.0 Å². The lowest BCUT2D eigenvalue weighted by Crippen LogP contribution is -1.85. The Morgan fingerprint density at radius 2 is 1.82 bits per heavy atom. The predicted molar refractivity (Wildman–Crippen MR) is 64.3 cm³/mol. The lowest BCUT2D eigenvalue weighted by molar-refractivity contribution is 0.508. The molecule has 0 atom stereocenters. The molecule has 0 saturated carbocycles. The van der Waals surface area contributed by atoms with Crippen molar-refractivity contribution in [2.45, 2.75) is 6.92 Å². The van der Waals surface area contributed by atoms with Crippen molar-refractivity contribution in [2.24, 2.45) is 0 Å². The fourth-order valence-electron chi connectivity index (χ4n) is 1.45. The van der Waals surface area contributed by atoms with Crippen LogP contribution < -0.4 is 0 Å². The minimum absolute atomic E-state index is 0.604. The number of aryl methyl sites for hydroxylation is 1. The second kappa shape index (κ2) is 4.87. The van der Waals surface area contributed by atoms with Gasteiger partial charge in [0.1, 0.15) is 0 Å². The van der Waals surface area contributed by atoms with E-state index in [2.05, 4.69) is 4.98 Å². The van der Waals surface area contributed by atoms with E-state index in [9.17, 15) is 8.78 Å². The molecule has 0 aliphatic heterocycles. The highest BCUT2D eigenvalue weighted by Gasteiger charge is 1.99. The minimum Gasteiger partial charge on any atom is -0.254 e. The summed E-state index contributed by atoms with van der Waals surface area (Å²) >= 11 is 0. The highest BCUT2D eigenvalue weighted by molar-refractivity contribution is 5.67. The van der Waals surface area contributed by atoms with Crippen molar-refractivity contribution < 1.29 is 8.78 Å². The molecule has 2 aromatic rings. The smallest absolute Gasteiger partial charge is 0.159 e. The van der Waals surface area contributed by atoms with Gasteiger partial charge >= 0.3 is 0 Å². The molecule has 0 N–H and O–H groups in total. The molecule has 0 spiro atoms. The number of halogens is 2. The third kappa shape index (κ3) is 2.97. The maximum atomic E-state index is 12.9. The van der Waals surface area contributed by atoms with Crippen LogP contribution in [0.3, 0.4) is 0 Å². The molecule has 2 rings (SSSR count). The molecule has 0 bridgehead atoms. The first-order valence-corrected chi connectivity index (χ1v) is 5.22. The van der Waals surface area contributed by atoms with E-state index in [-0.39, 0.29) is 0 Å². The molecule has 0 aliphatic rings. The van der Waals surface area contributed by atoms with Crippen LogP contribution in [0, 0.1) is 18.6 Å². The molecule has 1 heterocycles. The van der Waals surface area contributed by atoms with Gasteiger partial charge in [0, 0.05) is 5.69 Å². The van der Waals surface area contributed by atoms with Gasteiger partial charge in [-0.2, -0.15) is 0 Å². The van der Waals surface area contributed by atoms with Gasteiger partial charge < -0.3 is 0 Å². The largest absolute Gasteiger partial charge is 0.254 e. The molecule has 0 fully saturated rings. The molecule has 17 heavy (non-hydrogen) atoms. The van der Waals surface area contributed by atoms with Crippen molar-refractivity contribution in [2.75, 3.05) is 0 Å². The predicted octanol–water partition coefficient (Wildman–Crippen LogP) is 3.84. The van der Waals surface area contributed by atoms with E-state index in [1.807, 2.05) is 25.1 Å². The third-order valence-electron chi connectivity index (χ3n) is 2.30. The van der Waals surface area contributed by atoms with Crippen molar-refractivity contribution in [1.82, 2.24) is 4.98 Å². The molecule has 1 aromatic heterocycles. The number of aromatic nitrogens is 1. The molecular weight excluding hydrogens is 220 g/mol. The van der Waals surface area contributed by atoms with Gasteiger partial charge in [-0.15, -0.1) is 0 Å². The summed E-state index contributed by atoms with van der Waals surface area (Å²) in [6.45, 7) is 1.90. The molecule has 0 aliphatic carbocycles. The summed E-state index contributed by atoms with van der Waals surface area (Å²) in [5, 5.41) is 0. The fraction of sp³-hybridized carbons (Fsp3) is 0.0714. The van der Waals surface area contributed by atoms with E-state index in [0.29, 0.717) is 5.56 Å². The zero-order chi connectivity index (χ0) is 12.3. The minimum atomic E-state index is -0.843. The zero-order valence-electron chi connectivity index (χ0n) is 9.32. The Bertz CT molecular complexity index is 562. The Hall–Kier alpha value is -2.03. The van der Waals surface area contributed by atoms with Gasteiger partial charge in [0.25, 0.3) is 0 Å². The van der Waals surface area contributed by atoms with E-state index in [1.165, 1.54) is 6.07 Å². The van der Waals surface area contributed by atoms with Crippen LogP contribution in [-0.4, -0.2) is 4.98 Å². The van der Waals surface area contributed by atoms with Gasteiger partial charge in [0.05, 0.1) is 5.69 Å². The van der Waals surface area contributed by atoms with Gasteiger partial charge in [-0.3, -0.25) is 4.98 Å². The summed E-state index contributed by atoms with van der Waals surface area (Å²) in [7, 11) is 0. The average molecular weight is 231 g/mol. The monoisotopic (exact) mass is 231 g/mol. The maximum absolute atomic E-state index is 12.9. The van der Waals surface area contributed by atoms with Crippen LogP contribution in [0.15, 0.2) is 36.4 Å². The zero-order valence-corrected chi connectivity index (χ0v) is 9.32.